The van der Waals surface area contributed by atoms with Gasteiger partial charge in [0.25, 0.3) is 0 Å². The van der Waals surface area contributed by atoms with Crippen LogP contribution in [-0.4, -0.2) is 38.3 Å². The fourth-order valence-electron chi connectivity index (χ4n) is 5.55. The van der Waals surface area contributed by atoms with Gasteiger partial charge in [-0.05, 0) is 80.2 Å². The van der Waals surface area contributed by atoms with Crippen molar-refractivity contribution in [1.29, 1.82) is 0 Å². The van der Waals surface area contributed by atoms with E-state index >= 15 is 0 Å². The molecule has 170 valence electrons. The van der Waals surface area contributed by atoms with Crippen molar-refractivity contribution < 1.29 is 4.74 Å². The molecule has 5 rings (SSSR count). The first-order valence-electron chi connectivity index (χ1n) is 12.4. The summed E-state index contributed by atoms with van der Waals surface area (Å²) in [6, 6.07) is 15.5. The summed E-state index contributed by atoms with van der Waals surface area (Å²) in [4.78, 5) is 8.53. The topological polar surface area (TPSA) is 31.5 Å². The zero-order valence-electron chi connectivity index (χ0n) is 19.6. The number of aromatic nitrogens is 1. The molecule has 0 saturated carbocycles. The van der Waals surface area contributed by atoms with E-state index < -0.39 is 0 Å². The number of hydrogen-bond acceptors (Lipinski definition) is 3. The summed E-state index contributed by atoms with van der Waals surface area (Å²) in [5, 5.41) is 1.39. The third-order valence-electron chi connectivity index (χ3n) is 7.76. The molecule has 1 N–H and O–H groups in total. The number of aryl methyl sites for hydroxylation is 1. The SMILES string of the molecule is COc1ccc(N2CCC(CCc3c[nH]c4ccccc34)CC2)cc1N1CCC(C)CC1. The lowest BCUT2D eigenvalue weighted by Crippen LogP contribution is -2.35. The van der Waals surface area contributed by atoms with Gasteiger partial charge in [-0.2, -0.15) is 0 Å². The highest BCUT2D eigenvalue weighted by Gasteiger charge is 2.23. The lowest BCUT2D eigenvalue weighted by Gasteiger charge is -2.36. The second-order valence-electron chi connectivity index (χ2n) is 9.85. The number of nitrogens with zero attached hydrogens (tertiary/aromatic N) is 2. The van der Waals surface area contributed by atoms with Gasteiger partial charge in [0.15, 0.2) is 0 Å². The largest absolute Gasteiger partial charge is 0.495 e. The van der Waals surface area contributed by atoms with Crippen LogP contribution < -0.4 is 14.5 Å². The molecule has 32 heavy (non-hydrogen) atoms. The summed E-state index contributed by atoms with van der Waals surface area (Å²) in [5.41, 5.74) is 5.36. The molecule has 3 aromatic rings. The standard InChI is InChI=1S/C28H37N3O/c1-21-11-15-31(16-12-21)27-19-24(9-10-28(27)32-2)30-17-13-22(14-18-30)7-8-23-20-29-26-6-4-3-5-25(23)26/h3-6,9-10,19-22,29H,7-8,11-18H2,1-2H3. The van der Waals surface area contributed by atoms with Crippen molar-refractivity contribution in [3.8, 4) is 5.75 Å². The number of para-hydroxylation sites is 1. The molecule has 0 bridgehead atoms. The quantitative estimate of drug-likeness (QED) is 0.500. The fraction of sp³-hybridized carbons (Fsp3) is 0.500. The Morgan fingerprint density at radius 1 is 0.938 bits per heavy atom. The van der Waals surface area contributed by atoms with Gasteiger partial charge in [0.05, 0.1) is 12.8 Å². The Morgan fingerprint density at radius 2 is 1.69 bits per heavy atom. The number of aromatic amines is 1. The predicted molar refractivity (Wildman–Crippen MR) is 135 cm³/mol. The number of nitrogens with one attached hydrogen (secondary N) is 1. The summed E-state index contributed by atoms with van der Waals surface area (Å²) in [5.74, 6) is 2.67. The molecule has 2 saturated heterocycles. The average molecular weight is 432 g/mol. The van der Waals surface area contributed by atoms with Crippen LogP contribution in [0.5, 0.6) is 5.75 Å². The summed E-state index contributed by atoms with van der Waals surface area (Å²) in [6.45, 7) is 6.95. The lowest BCUT2D eigenvalue weighted by molar-refractivity contribution is 0.382. The van der Waals surface area contributed by atoms with Gasteiger partial charge in [-0.15, -0.1) is 0 Å². The van der Waals surface area contributed by atoms with Crippen LogP contribution in [0.25, 0.3) is 10.9 Å². The van der Waals surface area contributed by atoms with Crippen LogP contribution in [0.1, 0.15) is 44.6 Å². The monoisotopic (exact) mass is 431 g/mol. The van der Waals surface area contributed by atoms with Crippen molar-refractivity contribution >= 4 is 22.3 Å². The van der Waals surface area contributed by atoms with Gasteiger partial charge in [-0.25, -0.2) is 0 Å². The van der Waals surface area contributed by atoms with Gasteiger partial charge < -0.3 is 19.5 Å². The van der Waals surface area contributed by atoms with E-state index in [1.807, 2.05) is 0 Å². The zero-order chi connectivity index (χ0) is 21.9. The highest BCUT2D eigenvalue weighted by Crippen LogP contribution is 2.36. The Labute approximate surface area is 192 Å². The van der Waals surface area contributed by atoms with E-state index in [0.29, 0.717) is 0 Å². The van der Waals surface area contributed by atoms with Crippen LogP contribution >= 0.6 is 0 Å². The molecular formula is C28H37N3O. The Kier molecular flexibility index (Phi) is 6.29. The number of rotatable bonds is 6. The average Bonchev–Trinajstić information content (AvgIpc) is 3.26. The van der Waals surface area contributed by atoms with E-state index in [0.717, 1.165) is 43.8 Å². The molecule has 2 aliphatic rings. The normalized spacial score (nSPS) is 18.4. The number of methoxy groups -OCH3 is 1. The van der Waals surface area contributed by atoms with Gasteiger partial charge in [-0.1, -0.05) is 25.1 Å². The van der Waals surface area contributed by atoms with E-state index in [9.17, 15) is 0 Å². The molecule has 0 aliphatic carbocycles. The van der Waals surface area contributed by atoms with E-state index in [2.05, 4.69) is 70.4 Å². The Morgan fingerprint density at radius 3 is 2.47 bits per heavy atom. The first kappa shape index (κ1) is 21.2. The first-order chi connectivity index (χ1) is 15.7. The molecule has 0 radical (unpaired) electrons. The minimum Gasteiger partial charge on any atom is -0.495 e. The van der Waals surface area contributed by atoms with Crippen LogP contribution in [0.3, 0.4) is 0 Å². The van der Waals surface area contributed by atoms with Crippen molar-refractivity contribution in [2.24, 2.45) is 11.8 Å². The molecule has 0 spiro atoms. The summed E-state index contributed by atoms with van der Waals surface area (Å²) in [7, 11) is 1.80. The van der Waals surface area contributed by atoms with Crippen LogP contribution in [0.15, 0.2) is 48.7 Å². The van der Waals surface area contributed by atoms with Crippen molar-refractivity contribution in [3.05, 3.63) is 54.2 Å². The highest BCUT2D eigenvalue weighted by atomic mass is 16.5. The molecule has 1 aromatic heterocycles. The maximum atomic E-state index is 5.72. The maximum absolute atomic E-state index is 5.72. The molecule has 4 heteroatoms. The number of anilines is 2. The van der Waals surface area contributed by atoms with Crippen LogP contribution in [0.2, 0.25) is 0 Å². The number of ether oxygens (including phenoxy) is 1. The van der Waals surface area contributed by atoms with Gasteiger partial charge in [0, 0.05) is 49.0 Å². The van der Waals surface area contributed by atoms with Crippen molar-refractivity contribution in [1.82, 2.24) is 4.98 Å². The molecule has 2 aromatic carbocycles. The van der Waals surface area contributed by atoms with Gasteiger partial charge >= 0.3 is 0 Å². The molecule has 0 amide bonds. The van der Waals surface area contributed by atoms with Crippen molar-refractivity contribution in [3.63, 3.8) is 0 Å². The third-order valence-corrected chi connectivity index (χ3v) is 7.76. The Balaban J connectivity index is 1.20. The Hall–Kier alpha value is -2.62. The van der Waals surface area contributed by atoms with Crippen LogP contribution in [0.4, 0.5) is 11.4 Å². The predicted octanol–water partition coefficient (Wildman–Crippen LogP) is 6.26. The number of benzene rings is 2. The van der Waals surface area contributed by atoms with E-state index in [-0.39, 0.29) is 0 Å². The molecular weight excluding hydrogens is 394 g/mol. The molecule has 4 nitrogen and oxygen atoms in total. The smallest absolute Gasteiger partial charge is 0.142 e. The number of fused-ring (bicyclic) bond motifs is 1. The van der Waals surface area contributed by atoms with Gasteiger partial charge in [0.1, 0.15) is 5.75 Å². The second kappa shape index (κ2) is 9.48. The highest BCUT2D eigenvalue weighted by molar-refractivity contribution is 5.83. The van der Waals surface area contributed by atoms with Crippen molar-refractivity contribution in [2.75, 3.05) is 43.1 Å². The molecule has 3 heterocycles. The van der Waals surface area contributed by atoms with Crippen LogP contribution in [-0.2, 0) is 6.42 Å². The molecule has 0 atom stereocenters. The summed E-state index contributed by atoms with van der Waals surface area (Å²) >= 11 is 0. The summed E-state index contributed by atoms with van der Waals surface area (Å²) in [6.07, 6.45) is 9.78. The molecule has 2 fully saturated rings. The zero-order valence-corrected chi connectivity index (χ0v) is 19.6. The van der Waals surface area contributed by atoms with Crippen LogP contribution in [0, 0.1) is 11.8 Å². The minimum absolute atomic E-state index is 0.821. The first-order valence-corrected chi connectivity index (χ1v) is 12.4. The molecule has 2 aliphatic heterocycles. The second-order valence-corrected chi connectivity index (χ2v) is 9.85. The maximum Gasteiger partial charge on any atom is 0.142 e. The number of H-pyrrole nitrogens is 1. The fourth-order valence-corrected chi connectivity index (χ4v) is 5.55. The van der Waals surface area contributed by atoms with E-state index in [1.54, 1.807) is 7.11 Å². The van der Waals surface area contributed by atoms with Crippen molar-refractivity contribution in [2.45, 2.75) is 45.4 Å². The number of piperidine rings is 2. The lowest BCUT2D eigenvalue weighted by atomic mass is 9.90. The van der Waals surface area contributed by atoms with Gasteiger partial charge in [-0.3, -0.25) is 0 Å². The Bertz CT molecular complexity index is 1030. The van der Waals surface area contributed by atoms with E-state index in [1.165, 1.54) is 66.4 Å². The molecule has 0 unspecified atom stereocenters. The third kappa shape index (κ3) is 4.46. The summed E-state index contributed by atoms with van der Waals surface area (Å²) < 4.78 is 5.72. The van der Waals surface area contributed by atoms with E-state index in [4.69, 9.17) is 4.74 Å². The van der Waals surface area contributed by atoms with Gasteiger partial charge in [0.2, 0.25) is 0 Å². The number of hydrogen-bond donors (Lipinski definition) is 1. The minimum atomic E-state index is 0.821.